The second kappa shape index (κ2) is 54.5. The summed E-state index contributed by atoms with van der Waals surface area (Å²) in [5, 5.41) is 31.6. The molecule has 0 bridgehead atoms. The van der Waals surface area contributed by atoms with Gasteiger partial charge in [0.15, 0.2) is 24.6 Å². The first-order chi connectivity index (χ1) is 38.6. The minimum absolute atomic E-state index is 0.0470. The van der Waals surface area contributed by atoms with Crippen LogP contribution in [-0.2, 0) is 42.9 Å². The second-order valence-electron chi connectivity index (χ2n) is 21.3. The summed E-state index contributed by atoms with van der Waals surface area (Å²) in [4.78, 5) is 51.2. The summed E-state index contributed by atoms with van der Waals surface area (Å²) in [7, 11) is 0. The first-order valence-corrected chi connectivity index (χ1v) is 31.6. The summed E-state index contributed by atoms with van der Waals surface area (Å²) in [6.45, 7) is 5.83. The van der Waals surface area contributed by atoms with Crippen molar-refractivity contribution in [2.45, 2.75) is 302 Å². The average molecular weight is 1110 g/mol. The Hall–Kier alpha value is -4.10. The summed E-state index contributed by atoms with van der Waals surface area (Å²) < 4.78 is 28.5. The van der Waals surface area contributed by atoms with Gasteiger partial charge in [0.25, 0.3) is 0 Å². The third-order valence-electron chi connectivity index (χ3n) is 13.9. The molecule has 0 aromatic rings. The van der Waals surface area contributed by atoms with E-state index in [0.29, 0.717) is 19.3 Å². The summed E-state index contributed by atoms with van der Waals surface area (Å²) >= 11 is 0. The third kappa shape index (κ3) is 44.3. The lowest BCUT2D eigenvalue weighted by Gasteiger charge is -2.40. The number of carboxylic acids is 1. The largest absolute Gasteiger partial charge is 0.479 e. The number of allylic oxidation sites excluding steroid dienone is 14. The van der Waals surface area contributed by atoms with Gasteiger partial charge in [-0.15, -0.1) is 0 Å². The number of hydrogen-bond acceptors (Lipinski definition) is 11. The zero-order chi connectivity index (χ0) is 57.5. The van der Waals surface area contributed by atoms with Crippen LogP contribution in [0.4, 0.5) is 0 Å². The van der Waals surface area contributed by atoms with Crippen molar-refractivity contribution < 1.29 is 58.2 Å². The van der Waals surface area contributed by atoms with Gasteiger partial charge >= 0.3 is 23.9 Å². The summed E-state index contributed by atoms with van der Waals surface area (Å²) in [6, 6.07) is 0. The number of carbonyl (C=O) groups excluding carboxylic acids is 3. The van der Waals surface area contributed by atoms with Gasteiger partial charge in [-0.05, 0) is 116 Å². The average Bonchev–Trinajstić information content (AvgIpc) is 3.47. The van der Waals surface area contributed by atoms with Gasteiger partial charge in [0.2, 0.25) is 0 Å². The van der Waals surface area contributed by atoms with Crippen molar-refractivity contribution in [1.29, 1.82) is 0 Å². The van der Waals surface area contributed by atoms with E-state index in [2.05, 4.69) is 106 Å². The molecule has 6 unspecified atom stereocenters. The molecule has 1 rings (SSSR count). The first kappa shape index (κ1) is 72.9. The maximum absolute atomic E-state index is 13.2. The smallest absolute Gasteiger partial charge is 0.335 e. The molecule has 0 radical (unpaired) electrons. The first-order valence-electron chi connectivity index (χ1n) is 31.6. The fraction of sp³-hybridized carbons (Fsp3) is 0.731. The molecule has 6 atom stereocenters. The fourth-order valence-corrected chi connectivity index (χ4v) is 9.09. The zero-order valence-corrected chi connectivity index (χ0v) is 49.8. The van der Waals surface area contributed by atoms with Crippen LogP contribution in [-0.4, -0.2) is 89.2 Å². The molecule has 0 aromatic heterocycles. The number of esters is 3. The summed E-state index contributed by atoms with van der Waals surface area (Å²) in [5.74, 6) is -3.15. The Bertz CT molecular complexity index is 1700. The lowest BCUT2D eigenvalue weighted by Crippen LogP contribution is -2.61. The van der Waals surface area contributed by atoms with Crippen molar-refractivity contribution in [3.63, 3.8) is 0 Å². The molecule has 0 saturated carbocycles. The Morgan fingerprint density at radius 2 is 0.797 bits per heavy atom. The number of carboxylic acid groups (broad SMARTS) is 1. The van der Waals surface area contributed by atoms with Crippen molar-refractivity contribution in [3.8, 4) is 0 Å². The number of carbonyl (C=O) groups is 4. The standard InChI is InChI=1S/C67H112O12/c1-4-7-10-13-16-19-22-25-27-29-30-32-33-36-38-41-44-47-50-53-59(68)75-56-58(77-60(69)54-51-48-45-42-39-35-24-21-18-15-12-9-6-3)57-76-67-65(63(72)62(71)64(79-67)66(73)74)78-61(70)55-52-49-46-43-40-37-34-31-28-26-23-20-17-14-11-8-5-2/h7,10,16-17,19-21,24-28,30,32,58,62-65,67,71-72H,4-6,8-9,11-15,18,22-23,29,31,33-57H2,1-3H3,(H,73,74)/b10-7-,19-16-,20-17-,24-21-,27-25-,28-26-,32-30-. The molecule has 12 heteroatoms. The van der Waals surface area contributed by atoms with Gasteiger partial charge in [-0.25, -0.2) is 4.79 Å². The van der Waals surface area contributed by atoms with Crippen LogP contribution in [0.5, 0.6) is 0 Å². The number of aliphatic carboxylic acids is 1. The highest BCUT2D eigenvalue weighted by molar-refractivity contribution is 5.74. The lowest BCUT2D eigenvalue weighted by molar-refractivity contribution is -0.301. The van der Waals surface area contributed by atoms with E-state index in [1.165, 1.54) is 44.9 Å². The molecule has 1 fully saturated rings. The Kier molecular flexibility index (Phi) is 50.3. The minimum atomic E-state index is -1.91. The summed E-state index contributed by atoms with van der Waals surface area (Å²) in [6.07, 6.45) is 58.2. The minimum Gasteiger partial charge on any atom is -0.479 e. The number of aliphatic hydroxyl groups is 2. The van der Waals surface area contributed by atoms with Crippen molar-refractivity contribution >= 4 is 23.9 Å². The van der Waals surface area contributed by atoms with Gasteiger partial charge in [0.1, 0.15) is 18.8 Å². The molecule has 1 heterocycles. The maximum Gasteiger partial charge on any atom is 0.335 e. The van der Waals surface area contributed by atoms with Crippen molar-refractivity contribution in [3.05, 3.63) is 85.1 Å². The predicted octanol–water partition coefficient (Wildman–Crippen LogP) is 16.7. The van der Waals surface area contributed by atoms with Crippen LogP contribution in [0.3, 0.4) is 0 Å². The van der Waals surface area contributed by atoms with Gasteiger partial charge in [-0.2, -0.15) is 0 Å². The fourth-order valence-electron chi connectivity index (χ4n) is 9.09. The van der Waals surface area contributed by atoms with E-state index in [0.717, 1.165) is 161 Å². The SMILES string of the molecule is CC/C=C\C/C=C\C/C=C\C/C=C\CCCCCCCCC(=O)OCC(COC1OC(C(=O)O)C(O)C(O)C1OC(=O)CCCCCCCCC/C=C\C/C=C\CCCCC)OC(=O)CCCCCCC/C=C\CCCCCC. The van der Waals surface area contributed by atoms with Crippen molar-refractivity contribution in [2.24, 2.45) is 0 Å². The molecule has 79 heavy (non-hydrogen) atoms. The van der Waals surface area contributed by atoms with Crippen LogP contribution in [0, 0.1) is 0 Å². The van der Waals surface area contributed by atoms with E-state index in [1.54, 1.807) is 0 Å². The molecule has 0 aromatic carbocycles. The highest BCUT2D eigenvalue weighted by atomic mass is 16.7. The molecule has 3 N–H and O–H groups in total. The molecular formula is C67H112O12. The molecule has 0 aliphatic carbocycles. The van der Waals surface area contributed by atoms with E-state index in [9.17, 15) is 34.5 Å². The van der Waals surface area contributed by atoms with Crippen LogP contribution in [0.1, 0.15) is 265 Å². The Morgan fingerprint density at radius 3 is 1.25 bits per heavy atom. The van der Waals surface area contributed by atoms with E-state index >= 15 is 0 Å². The van der Waals surface area contributed by atoms with Crippen LogP contribution >= 0.6 is 0 Å². The van der Waals surface area contributed by atoms with E-state index in [1.807, 2.05) is 0 Å². The van der Waals surface area contributed by atoms with Gasteiger partial charge in [0, 0.05) is 19.3 Å². The van der Waals surface area contributed by atoms with E-state index in [4.69, 9.17) is 23.7 Å². The monoisotopic (exact) mass is 1110 g/mol. The Balaban J connectivity index is 2.67. The van der Waals surface area contributed by atoms with E-state index < -0.39 is 67.3 Å². The van der Waals surface area contributed by atoms with Crippen LogP contribution < -0.4 is 0 Å². The highest BCUT2D eigenvalue weighted by Crippen LogP contribution is 2.26. The summed E-state index contributed by atoms with van der Waals surface area (Å²) in [5.41, 5.74) is 0. The Labute approximate surface area is 480 Å². The highest BCUT2D eigenvalue weighted by Gasteiger charge is 2.50. The quantitative estimate of drug-likeness (QED) is 0.0228. The molecule has 0 spiro atoms. The number of aliphatic hydroxyl groups excluding tert-OH is 2. The van der Waals surface area contributed by atoms with Gasteiger partial charge in [0.05, 0.1) is 6.61 Å². The van der Waals surface area contributed by atoms with E-state index in [-0.39, 0.29) is 25.9 Å². The molecule has 452 valence electrons. The normalized spacial score (nSPS) is 18.4. The maximum atomic E-state index is 13.2. The molecule has 1 aliphatic rings. The molecule has 1 saturated heterocycles. The zero-order valence-electron chi connectivity index (χ0n) is 49.8. The Morgan fingerprint density at radius 1 is 0.430 bits per heavy atom. The van der Waals surface area contributed by atoms with Crippen molar-refractivity contribution in [2.75, 3.05) is 13.2 Å². The second-order valence-corrected chi connectivity index (χ2v) is 21.3. The molecule has 1 aliphatic heterocycles. The van der Waals surface area contributed by atoms with Gasteiger partial charge in [-0.1, -0.05) is 215 Å². The number of hydrogen-bond donors (Lipinski definition) is 3. The number of unbranched alkanes of at least 4 members (excludes halogenated alkanes) is 25. The molecule has 12 nitrogen and oxygen atoms in total. The molecule has 0 amide bonds. The van der Waals surface area contributed by atoms with Crippen molar-refractivity contribution in [1.82, 2.24) is 0 Å². The number of ether oxygens (including phenoxy) is 5. The van der Waals surface area contributed by atoms with Crippen LogP contribution in [0.2, 0.25) is 0 Å². The van der Waals surface area contributed by atoms with Gasteiger partial charge < -0.3 is 39.0 Å². The van der Waals surface area contributed by atoms with Gasteiger partial charge in [-0.3, -0.25) is 14.4 Å². The third-order valence-corrected chi connectivity index (χ3v) is 13.9. The lowest BCUT2D eigenvalue weighted by atomic mass is 9.98. The topological polar surface area (TPSA) is 175 Å². The van der Waals surface area contributed by atoms with Crippen LogP contribution in [0.15, 0.2) is 85.1 Å². The predicted molar refractivity (Wildman–Crippen MR) is 321 cm³/mol. The molecular weight excluding hydrogens is 997 g/mol. The number of rotatable bonds is 53. The van der Waals surface area contributed by atoms with Crippen LogP contribution in [0.25, 0.3) is 0 Å².